The van der Waals surface area contributed by atoms with Crippen molar-refractivity contribution in [2.75, 3.05) is 0 Å². The van der Waals surface area contributed by atoms with Gasteiger partial charge in [0.25, 0.3) is 0 Å². The van der Waals surface area contributed by atoms with Crippen molar-refractivity contribution in [2.24, 2.45) is 0 Å². The Morgan fingerprint density at radius 3 is 2.22 bits per heavy atom. The first-order valence-corrected chi connectivity index (χ1v) is 7.69. The predicted octanol–water partition coefficient (Wildman–Crippen LogP) is -0.505. The van der Waals surface area contributed by atoms with E-state index in [1.165, 1.54) is 23.3 Å². The number of rotatable bonds is 1. The van der Waals surface area contributed by atoms with Gasteiger partial charge >= 0.3 is 29.6 Å². The van der Waals surface area contributed by atoms with E-state index in [0.717, 1.165) is 22.3 Å². The van der Waals surface area contributed by atoms with E-state index in [-0.39, 0.29) is 34.5 Å². The van der Waals surface area contributed by atoms with Crippen LogP contribution >= 0.6 is 11.8 Å². The van der Waals surface area contributed by atoms with Crippen molar-refractivity contribution in [3.05, 3.63) is 41.5 Å². The normalized spacial score (nSPS) is 14.3. The summed E-state index contributed by atoms with van der Waals surface area (Å²) in [4.78, 5) is -0.157. The Labute approximate surface area is 132 Å². The van der Waals surface area contributed by atoms with Gasteiger partial charge in [0.15, 0.2) is 0 Å². The van der Waals surface area contributed by atoms with Crippen LogP contribution in [0.2, 0.25) is 0 Å². The summed E-state index contributed by atoms with van der Waals surface area (Å²) >= 11 is 1.84. The Morgan fingerprint density at radius 2 is 1.61 bits per heavy atom. The molecule has 0 radical (unpaired) electrons. The van der Waals surface area contributed by atoms with E-state index in [2.05, 4.69) is 6.07 Å². The molecule has 0 aliphatic carbocycles. The molecule has 0 unspecified atom stereocenters. The summed E-state index contributed by atoms with van der Waals surface area (Å²) in [7, 11) is -4.36. The zero-order chi connectivity index (χ0) is 12.0. The molecule has 3 nitrogen and oxygen atoms in total. The first-order chi connectivity index (χ1) is 8.04. The van der Waals surface area contributed by atoms with Gasteiger partial charge in [0, 0.05) is 11.5 Å². The minimum Gasteiger partial charge on any atom is -0.744 e. The van der Waals surface area contributed by atoms with Gasteiger partial charge in [-0.3, -0.25) is 0 Å². The molecule has 0 saturated heterocycles. The summed E-state index contributed by atoms with van der Waals surface area (Å²) < 4.78 is 32.9. The van der Waals surface area contributed by atoms with E-state index < -0.39 is 10.1 Å². The SMILES string of the molecule is O=S(=O)([O-])c1ccc2cc3c(cc2c1)CSC3.[Na+]. The molecule has 2 aromatic carbocycles. The molecule has 1 aliphatic rings. The molecule has 0 N–H and O–H groups in total. The summed E-state index contributed by atoms with van der Waals surface area (Å²) in [5.41, 5.74) is 2.54. The van der Waals surface area contributed by atoms with Crippen LogP contribution in [-0.4, -0.2) is 13.0 Å². The molecular formula is C12H9NaO3S2. The minimum atomic E-state index is -4.36. The van der Waals surface area contributed by atoms with Gasteiger partial charge in [-0.05, 0) is 40.1 Å². The molecule has 0 bridgehead atoms. The maximum absolute atomic E-state index is 11.0. The second-order valence-electron chi connectivity index (χ2n) is 4.08. The first kappa shape index (κ1) is 14.4. The molecule has 18 heavy (non-hydrogen) atoms. The Hall–Kier alpha value is -0.0400. The maximum atomic E-state index is 11.0. The fourth-order valence-electron chi connectivity index (χ4n) is 2.07. The van der Waals surface area contributed by atoms with E-state index in [9.17, 15) is 13.0 Å². The average molecular weight is 288 g/mol. The number of hydrogen-bond donors (Lipinski definition) is 0. The fourth-order valence-corrected chi connectivity index (χ4v) is 3.65. The number of benzene rings is 2. The maximum Gasteiger partial charge on any atom is 1.00 e. The van der Waals surface area contributed by atoms with Crippen LogP contribution in [0.5, 0.6) is 0 Å². The summed E-state index contributed by atoms with van der Waals surface area (Å²) in [6.07, 6.45) is 0. The molecule has 0 saturated carbocycles. The third-order valence-electron chi connectivity index (χ3n) is 2.93. The minimum absolute atomic E-state index is 0. The van der Waals surface area contributed by atoms with Crippen LogP contribution in [0, 0.1) is 0 Å². The van der Waals surface area contributed by atoms with Crippen LogP contribution in [0.1, 0.15) is 11.1 Å². The molecule has 0 atom stereocenters. The number of hydrogen-bond acceptors (Lipinski definition) is 4. The Balaban J connectivity index is 0.00000120. The van der Waals surface area contributed by atoms with E-state index in [4.69, 9.17) is 0 Å². The standard InChI is InChI=1S/C12H10O3S2.Na/c13-17(14,15)12-2-1-8-3-10-6-16-7-11(10)4-9(8)5-12;/h1-5H,6-7H2,(H,13,14,15);/q;+1/p-1. The molecule has 6 heteroatoms. The second kappa shape index (κ2) is 5.15. The summed E-state index contributed by atoms with van der Waals surface area (Å²) in [6, 6.07) is 8.59. The first-order valence-electron chi connectivity index (χ1n) is 5.13. The van der Waals surface area contributed by atoms with E-state index in [1.54, 1.807) is 6.07 Å². The van der Waals surface area contributed by atoms with Gasteiger partial charge in [0.1, 0.15) is 10.1 Å². The Bertz CT molecular complexity index is 711. The van der Waals surface area contributed by atoms with E-state index in [0.29, 0.717) is 0 Å². The molecule has 1 heterocycles. The predicted molar refractivity (Wildman–Crippen MR) is 66.9 cm³/mol. The van der Waals surface area contributed by atoms with E-state index in [1.807, 2.05) is 17.8 Å². The Morgan fingerprint density at radius 1 is 1.00 bits per heavy atom. The fraction of sp³-hybridized carbons (Fsp3) is 0.167. The van der Waals surface area contributed by atoms with Crippen LogP contribution in [0.25, 0.3) is 10.8 Å². The van der Waals surface area contributed by atoms with Crippen molar-refractivity contribution in [1.29, 1.82) is 0 Å². The molecule has 2 aromatic rings. The molecular weight excluding hydrogens is 279 g/mol. The van der Waals surface area contributed by atoms with Crippen LogP contribution in [0.15, 0.2) is 35.2 Å². The quantitative estimate of drug-likeness (QED) is 0.524. The van der Waals surface area contributed by atoms with Crippen molar-refractivity contribution < 1.29 is 42.5 Å². The third kappa shape index (κ3) is 2.61. The topological polar surface area (TPSA) is 57.2 Å². The van der Waals surface area contributed by atoms with Crippen LogP contribution in [0.4, 0.5) is 0 Å². The molecule has 0 amide bonds. The van der Waals surface area contributed by atoms with Gasteiger partial charge in [-0.2, -0.15) is 11.8 Å². The van der Waals surface area contributed by atoms with Gasteiger partial charge < -0.3 is 4.55 Å². The molecule has 3 rings (SSSR count). The average Bonchev–Trinajstić information content (AvgIpc) is 2.70. The smallest absolute Gasteiger partial charge is 0.744 e. The van der Waals surface area contributed by atoms with Crippen molar-refractivity contribution in [3.63, 3.8) is 0 Å². The van der Waals surface area contributed by atoms with Crippen LogP contribution in [0.3, 0.4) is 0 Å². The van der Waals surface area contributed by atoms with Gasteiger partial charge in [-0.1, -0.05) is 12.1 Å². The summed E-state index contributed by atoms with van der Waals surface area (Å²) in [5, 5.41) is 1.81. The van der Waals surface area contributed by atoms with Gasteiger partial charge in [0.2, 0.25) is 0 Å². The van der Waals surface area contributed by atoms with Crippen molar-refractivity contribution in [3.8, 4) is 0 Å². The molecule has 0 spiro atoms. The molecule has 1 aliphatic heterocycles. The van der Waals surface area contributed by atoms with Gasteiger partial charge in [-0.15, -0.1) is 0 Å². The summed E-state index contributed by atoms with van der Waals surface area (Å²) in [6.45, 7) is 0. The van der Waals surface area contributed by atoms with Crippen LogP contribution < -0.4 is 29.6 Å². The number of thioether (sulfide) groups is 1. The van der Waals surface area contributed by atoms with Crippen molar-refractivity contribution in [1.82, 2.24) is 0 Å². The van der Waals surface area contributed by atoms with Crippen molar-refractivity contribution in [2.45, 2.75) is 16.4 Å². The van der Waals surface area contributed by atoms with Crippen LogP contribution in [-0.2, 0) is 21.6 Å². The monoisotopic (exact) mass is 288 g/mol. The second-order valence-corrected chi connectivity index (χ2v) is 6.44. The molecule has 0 aromatic heterocycles. The molecule has 0 fully saturated rings. The third-order valence-corrected chi connectivity index (χ3v) is 4.80. The number of fused-ring (bicyclic) bond motifs is 2. The summed E-state index contributed by atoms with van der Waals surface area (Å²) in [5.74, 6) is 1.96. The van der Waals surface area contributed by atoms with Gasteiger partial charge in [0.05, 0.1) is 4.90 Å². The zero-order valence-electron chi connectivity index (χ0n) is 9.84. The van der Waals surface area contributed by atoms with Crippen molar-refractivity contribution >= 4 is 32.7 Å². The zero-order valence-corrected chi connectivity index (χ0v) is 13.5. The van der Waals surface area contributed by atoms with E-state index >= 15 is 0 Å². The largest absolute Gasteiger partial charge is 1.00 e. The molecule has 88 valence electrons. The van der Waals surface area contributed by atoms with Gasteiger partial charge in [-0.25, -0.2) is 8.42 Å². The Kier molecular flexibility index (Phi) is 4.11.